The Morgan fingerprint density at radius 3 is 2.27 bits per heavy atom. The van der Waals surface area contributed by atoms with E-state index in [2.05, 4.69) is 21.2 Å². The van der Waals surface area contributed by atoms with E-state index in [9.17, 15) is 13.2 Å². The first kappa shape index (κ1) is 22.2. The molecule has 3 aromatic rings. The molecule has 3 rings (SSSR count). The standard InChI is InChI=1S/C23H23BrN2O3S/c1-18-6-5-9-20(14-18)15-25-23(27)17-26(16-19-7-3-2-4-8-19)30(28,29)22-12-10-21(24)11-13-22/h2-14H,15-17H2,1H3,(H,25,27). The van der Waals surface area contributed by atoms with E-state index in [0.29, 0.717) is 6.54 Å². The second-order valence-electron chi connectivity index (χ2n) is 6.98. The van der Waals surface area contributed by atoms with Gasteiger partial charge in [0.2, 0.25) is 15.9 Å². The van der Waals surface area contributed by atoms with Crippen molar-refractivity contribution >= 4 is 31.9 Å². The van der Waals surface area contributed by atoms with Crippen molar-refractivity contribution in [3.05, 3.63) is 100 Å². The molecule has 156 valence electrons. The van der Waals surface area contributed by atoms with Crippen molar-refractivity contribution in [3.63, 3.8) is 0 Å². The van der Waals surface area contributed by atoms with Crippen LogP contribution in [-0.2, 0) is 27.9 Å². The Balaban J connectivity index is 1.78. The van der Waals surface area contributed by atoms with Crippen LogP contribution >= 0.6 is 15.9 Å². The predicted octanol–water partition coefficient (Wildman–Crippen LogP) is 4.26. The molecule has 0 unspecified atom stereocenters. The fourth-order valence-electron chi connectivity index (χ4n) is 3.01. The minimum absolute atomic E-state index is 0.108. The SMILES string of the molecule is Cc1cccc(CNC(=O)CN(Cc2ccccc2)S(=O)(=O)c2ccc(Br)cc2)c1. The lowest BCUT2D eigenvalue weighted by molar-refractivity contribution is -0.121. The highest BCUT2D eigenvalue weighted by Crippen LogP contribution is 2.20. The number of hydrogen-bond acceptors (Lipinski definition) is 3. The van der Waals surface area contributed by atoms with Crippen LogP contribution < -0.4 is 5.32 Å². The van der Waals surface area contributed by atoms with E-state index in [1.165, 1.54) is 16.4 Å². The lowest BCUT2D eigenvalue weighted by atomic mass is 10.1. The molecule has 7 heteroatoms. The van der Waals surface area contributed by atoms with Gasteiger partial charge in [0, 0.05) is 17.6 Å². The molecule has 0 aliphatic carbocycles. The first-order valence-corrected chi connectivity index (χ1v) is 11.7. The number of hydrogen-bond donors (Lipinski definition) is 1. The van der Waals surface area contributed by atoms with Crippen molar-refractivity contribution in [3.8, 4) is 0 Å². The molecule has 30 heavy (non-hydrogen) atoms. The highest BCUT2D eigenvalue weighted by atomic mass is 79.9. The van der Waals surface area contributed by atoms with Gasteiger partial charge in [-0.15, -0.1) is 0 Å². The summed E-state index contributed by atoms with van der Waals surface area (Å²) in [6.45, 7) is 2.17. The Bertz CT molecular complexity index is 1100. The minimum atomic E-state index is -3.85. The molecule has 0 spiro atoms. The van der Waals surface area contributed by atoms with E-state index in [-0.39, 0.29) is 23.9 Å². The second-order valence-corrected chi connectivity index (χ2v) is 9.83. The molecular weight excluding hydrogens is 464 g/mol. The normalized spacial score (nSPS) is 11.4. The second kappa shape index (κ2) is 10.0. The van der Waals surface area contributed by atoms with Crippen molar-refractivity contribution in [2.75, 3.05) is 6.54 Å². The smallest absolute Gasteiger partial charge is 0.243 e. The summed E-state index contributed by atoms with van der Waals surface area (Å²) in [7, 11) is -3.85. The number of rotatable bonds is 8. The highest BCUT2D eigenvalue weighted by molar-refractivity contribution is 9.10. The van der Waals surface area contributed by atoms with Crippen molar-refractivity contribution in [1.29, 1.82) is 0 Å². The number of benzene rings is 3. The molecule has 0 aromatic heterocycles. The molecule has 5 nitrogen and oxygen atoms in total. The third-order valence-electron chi connectivity index (χ3n) is 4.55. The molecule has 0 aliphatic heterocycles. The number of nitrogens with zero attached hydrogens (tertiary/aromatic N) is 1. The van der Waals surface area contributed by atoms with Gasteiger partial charge >= 0.3 is 0 Å². The fourth-order valence-corrected chi connectivity index (χ4v) is 4.66. The average molecular weight is 487 g/mol. The monoisotopic (exact) mass is 486 g/mol. The van der Waals surface area contributed by atoms with Crippen LogP contribution in [0.1, 0.15) is 16.7 Å². The zero-order chi connectivity index (χ0) is 21.6. The van der Waals surface area contributed by atoms with E-state index >= 15 is 0 Å². The van der Waals surface area contributed by atoms with Crippen LogP contribution in [0.4, 0.5) is 0 Å². The maximum atomic E-state index is 13.2. The number of amides is 1. The summed E-state index contributed by atoms with van der Waals surface area (Å²) < 4.78 is 28.5. The molecule has 0 aliphatic rings. The van der Waals surface area contributed by atoms with Crippen molar-refractivity contribution in [2.24, 2.45) is 0 Å². The van der Waals surface area contributed by atoms with Gasteiger partial charge in [-0.25, -0.2) is 8.42 Å². The predicted molar refractivity (Wildman–Crippen MR) is 121 cm³/mol. The lowest BCUT2D eigenvalue weighted by Crippen LogP contribution is -2.40. The van der Waals surface area contributed by atoms with Crippen molar-refractivity contribution < 1.29 is 13.2 Å². The van der Waals surface area contributed by atoms with E-state index in [1.54, 1.807) is 12.1 Å². The van der Waals surface area contributed by atoms with E-state index < -0.39 is 10.0 Å². The van der Waals surface area contributed by atoms with Gasteiger partial charge in [-0.3, -0.25) is 4.79 Å². The van der Waals surface area contributed by atoms with Crippen LogP contribution in [0.2, 0.25) is 0 Å². The molecule has 0 fully saturated rings. The molecule has 0 heterocycles. The highest BCUT2D eigenvalue weighted by Gasteiger charge is 2.26. The summed E-state index contributed by atoms with van der Waals surface area (Å²) in [5.41, 5.74) is 2.88. The summed E-state index contributed by atoms with van der Waals surface area (Å²) >= 11 is 3.32. The first-order valence-electron chi connectivity index (χ1n) is 9.46. The van der Waals surface area contributed by atoms with Gasteiger partial charge in [-0.05, 0) is 42.3 Å². The minimum Gasteiger partial charge on any atom is -0.351 e. The van der Waals surface area contributed by atoms with Gasteiger partial charge < -0.3 is 5.32 Å². The largest absolute Gasteiger partial charge is 0.351 e. The van der Waals surface area contributed by atoms with Crippen LogP contribution in [0.25, 0.3) is 0 Å². The topological polar surface area (TPSA) is 66.5 Å². The van der Waals surface area contributed by atoms with E-state index in [1.807, 2.05) is 61.5 Å². The number of nitrogens with one attached hydrogen (secondary N) is 1. The molecule has 1 amide bonds. The number of aryl methyl sites for hydroxylation is 1. The van der Waals surface area contributed by atoms with Gasteiger partial charge in [0.1, 0.15) is 0 Å². The first-order chi connectivity index (χ1) is 14.3. The Kier molecular flexibility index (Phi) is 7.42. The maximum Gasteiger partial charge on any atom is 0.243 e. The van der Waals surface area contributed by atoms with Crippen LogP contribution in [0.15, 0.2) is 88.2 Å². The van der Waals surface area contributed by atoms with Crippen LogP contribution in [-0.4, -0.2) is 25.2 Å². The van der Waals surface area contributed by atoms with E-state index in [4.69, 9.17) is 0 Å². The van der Waals surface area contributed by atoms with Gasteiger partial charge in [0.05, 0.1) is 11.4 Å². The van der Waals surface area contributed by atoms with Gasteiger partial charge in [-0.1, -0.05) is 76.1 Å². The fraction of sp³-hybridized carbons (Fsp3) is 0.174. The quantitative estimate of drug-likeness (QED) is 0.516. The number of sulfonamides is 1. The Morgan fingerprint density at radius 1 is 0.933 bits per heavy atom. The summed E-state index contributed by atoms with van der Waals surface area (Å²) in [5.74, 6) is -0.354. The lowest BCUT2D eigenvalue weighted by Gasteiger charge is -2.22. The van der Waals surface area contributed by atoms with Crippen LogP contribution in [0.5, 0.6) is 0 Å². The summed E-state index contributed by atoms with van der Waals surface area (Å²) in [4.78, 5) is 12.8. The van der Waals surface area contributed by atoms with Crippen LogP contribution in [0.3, 0.4) is 0 Å². The summed E-state index contributed by atoms with van der Waals surface area (Å²) in [6.07, 6.45) is 0. The van der Waals surface area contributed by atoms with Crippen molar-refractivity contribution in [1.82, 2.24) is 9.62 Å². The molecule has 0 saturated heterocycles. The van der Waals surface area contributed by atoms with E-state index in [0.717, 1.165) is 21.2 Å². The summed E-state index contributed by atoms with van der Waals surface area (Å²) in [5, 5.41) is 2.82. The Hall–Kier alpha value is -2.48. The summed E-state index contributed by atoms with van der Waals surface area (Å²) in [6, 6.07) is 23.5. The average Bonchev–Trinajstić information content (AvgIpc) is 2.73. The third kappa shape index (κ3) is 6.01. The zero-order valence-corrected chi connectivity index (χ0v) is 19.0. The number of halogens is 1. The van der Waals surface area contributed by atoms with Gasteiger partial charge in [0.15, 0.2) is 0 Å². The van der Waals surface area contributed by atoms with Crippen LogP contribution in [0, 0.1) is 6.92 Å². The van der Waals surface area contributed by atoms with Gasteiger partial charge in [-0.2, -0.15) is 4.31 Å². The molecular formula is C23H23BrN2O3S. The Labute approximate surface area is 185 Å². The molecule has 0 radical (unpaired) electrons. The maximum absolute atomic E-state index is 13.2. The number of carbonyl (C=O) groups excluding carboxylic acids is 1. The van der Waals surface area contributed by atoms with Crippen molar-refractivity contribution in [2.45, 2.75) is 24.9 Å². The van der Waals surface area contributed by atoms with Gasteiger partial charge in [0.25, 0.3) is 0 Å². The molecule has 3 aromatic carbocycles. The molecule has 0 atom stereocenters. The molecule has 0 saturated carbocycles. The Morgan fingerprint density at radius 2 is 1.60 bits per heavy atom. The number of carbonyl (C=O) groups is 1. The molecule has 0 bridgehead atoms. The zero-order valence-electron chi connectivity index (χ0n) is 16.6. The molecule has 1 N–H and O–H groups in total. The third-order valence-corrected chi connectivity index (χ3v) is 6.88.